The Bertz CT molecular complexity index is 774. The number of nitrogens with zero attached hydrogens (tertiary/aromatic N) is 3. The minimum atomic E-state index is -0.234. The van der Waals surface area contributed by atoms with E-state index in [1.807, 2.05) is 31.2 Å². The van der Waals surface area contributed by atoms with Crippen molar-refractivity contribution in [2.45, 2.75) is 40.3 Å². The third-order valence-electron chi connectivity index (χ3n) is 4.08. The van der Waals surface area contributed by atoms with Crippen LogP contribution in [-0.2, 0) is 22.6 Å². The van der Waals surface area contributed by atoms with Crippen LogP contribution < -0.4 is 5.32 Å². The Morgan fingerprint density at radius 3 is 2.57 bits per heavy atom. The summed E-state index contributed by atoms with van der Waals surface area (Å²) in [7, 11) is 1.39. The van der Waals surface area contributed by atoms with Gasteiger partial charge < -0.3 is 10.1 Å². The molecule has 0 unspecified atom stereocenters. The van der Waals surface area contributed by atoms with Crippen LogP contribution in [0.15, 0.2) is 24.3 Å². The Hall–Kier alpha value is -2.32. The number of aromatic nitrogens is 2. The second-order valence-corrected chi connectivity index (χ2v) is 8.19. The quantitative estimate of drug-likeness (QED) is 0.613. The lowest BCUT2D eigenvalue weighted by molar-refractivity contribution is -0.141. The Labute approximate surface area is 170 Å². The van der Waals surface area contributed by atoms with Gasteiger partial charge in [-0.3, -0.25) is 14.5 Å². The third kappa shape index (κ3) is 7.36. The number of carbonyl (C=O) groups is 2. The van der Waals surface area contributed by atoms with E-state index in [1.54, 1.807) is 0 Å². The molecule has 0 aliphatic heterocycles. The highest BCUT2D eigenvalue weighted by atomic mass is 32.1. The summed E-state index contributed by atoms with van der Waals surface area (Å²) in [5.74, 6) is -0.0145. The Morgan fingerprint density at radius 1 is 1.21 bits per heavy atom. The summed E-state index contributed by atoms with van der Waals surface area (Å²) in [5, 5.41) is 12.2. The van der Waals surface area contributed by atoms with Crippen LogP contribution >= 0.6 is 11.3 Å². The maximum Gasteiger partial charge on any atom is 0.306 e. The van der Waals surface area contributed by atoms with E-state index in [0.29, 0.717) is 37.0 Å². The van der Waals surface area contributed by atoms with Gasteiger partial charge in [0.15, 0.2) is 0 Å². The van der Waals surface area contributed by atoms with Crippen LogP contribution in [0.5, 0.6) is 0 Å². The van der Waals surface area contributed by atoms with E-state index in [4.69, 9.17) is 4.74 Å². The van der Waals surface area contributed by atoms with Gasteiger partial charge in [0.25, 0.3) is 5.91 Å². The highest BCUT2D eigenvalue weighted by molar-refractivity contribution is 7.13. The number of esters is 1. The van der Waals surface area contributed by atoms with E-state index in [1.165, 1.54) is 24.0 Å². The first-order valence-electron chi connectivity index (χ1n) is 9.32. The van der Waals surface area contributed by atoms with Crippen LogP contribution in [0.4, 0.5) is 0 Å². The van der Waals surface area contributed by atoms with E-state index in [-0.39, 0.29) is 11.9 Å². The zero-order valence-corrected chi connectivity index (χ0v) is 17.7. The number of methoxy groups -OCH3 is 1. The lowest BCUT2D eigenvalue weighted by Gasteiger charge is -2.22. The normalized spacial score (nSPS) is 11.1. The fourth-order valence-electron chi connectivity index (χ4n) is 2.67. The molecule has 0 bridgehead atoms. The molecule has 0 fully saturated rings. The maximum atomic E-state index is 12.3. The second-order valence-electron chi connectivity index (χ2n) is 7.12. The van der Waals surface area contributed by atoms with Gasteiger partial charge in [0.1, 0.15) is 5.01 Å². The summed E-state index contributed by atoms with van der Waals surface area (Å²) in [6.07, 6.45) is 0.325. The Morgan fingerprint density at radius 2 is 1.93 bits per heavy atom. The molecule has 0 saturated carbocycles. The van der Waals surface area contributed by atoms with Gasteiger partial charge in [-0.05, 0) is 18.4 Å². The van der Waals surface area contributed by atoms with Crippen molar-refractivity contribution in [2.24, 2.45) is 5.92 Å². The van der Waals surface area contributed by atoms with Crippen molar-refractivity contribution in [3.63, 3.8) is 0 Å². The predicted molar refractivity (Wildman–Crippen MR) is 109 cm³/mol. The van der Waals surface area contributed by atoms with Crippen LogP contribution in [0.3, 0.4) is 0 Å². The molecule has 1 aromatic carbocycles. The topological polar surface area (TPSA) is 84.4 Å². The van der Waals surface area contributed by atoms with E-state index in [9.17, 15) is 9.59 Å². The predicted octanol–water partition coefficient (Wildman–Crippen LogP) is 2.80. The Balaban J connectivity index is 1.91. The number of carbonyl (C=O) groups excluding carboxylic acids is 2. The van der Waals surface area contributed by atoms with E-state index < -0.39 is 0 Å². The minimum absolute atomic E-state index is 0.228. The van der Waals surface area contributed by atoms with Crippen molar-refractivity contribution in [3.8, 4) is 0 Å². The SMILES string of the molecule is COC(=O)CCN(Cc1nnc(C(=O)NCc2ccc(C)cc2)s1)CC(C)C. The fourth-order valence-corrected chi connectivity index (χ4v) is 3.47. The first-order chi connectivity index (χ1) is 13.4. The molecule has 1 amide bonds. The molecule has 1 N–H and O–H groups in total. The van der Waals surface area contributed by atoms with Gasteiger partial charge in [-0.25, -0.2) is 0 Å². The molecule has 8 heteroatoms. The maximum absolute atomic E-state index is 12.3. The molecule has 152 valence electrons. The monoisotopic (exact) mass is 404 g/mol. The van der Waals surface area contributed by atoms with Crippen LogP contribution in [0.2, 0.25) is 0 Å². The number of hydrogen-bond donors (Lipinski definition) is 1. The lowest BCUT2D eigenvalue weighted by Crippen LogP contribution is -2.30. The molecule has 7 nitrogen and oxygen atoms in total. The van der Waals surface area contributed by atoms with E-state index in [2.05, 4.69) is 34.3 Å². The molecular weight excluding hydrogens is 376 g/mol. The number of aryl methyl sites for hydroxylation is 1. The number of nitrogens with one attached hydrogen (secondary N) is 1. The average Bonchev–Trinajstić information content (AvgIpc) is 3.13. The Kier molecular flexibility index (Phi) is 8.53. The van der Waals surface area contributed by atoms with Crippen LogP contribution in [-0.4, -0.2) is 47.2 Å². The molecule has 0 saturated heterocycles. The summed E-state index contributed by atoms with van der Waals surface area (Å²) in [6.45, 7) is 8.68. The molecular formula is C20H28N4O3S. The van der Waals surface area contributed by atoms with Crippen LogP contribution in [0.25, 0.3) is 0 Å². The van der Waals surface area contributed by atoms with Gasteiger partial charge in [0, 0.05) is 19.6 Å². The largest absolute Gasteiger partial charge is 0.469 e. The molecule has 2 rings (SSSR count). The third-order valence-corrected chi connectivity index (χ3v) is 4.98. The summed E-state index contributed by atoms with van der Waals surface area (Å²) in [6, 6.07) is 8.02. The van der Waals surface area contributed by atoms with Crippen molar-refractivity contribution in [2.75, 3.05) is 20.2 Å². The molecule has 0 aliphatic carbocycles. The molecule has 0 aliphatic rings. The van der Waals surface area contributed by atoms with E-state index in [0.717, 1.165) is 17.1 Å². The molecule has 0 atom stereocenters. The summed E-state index contributed by atoms with van der Waals surface area (Å²) in [4.78, 5) is 25.9. The van der Waals surface area contributed by atoms with Gasteiger partial charge in [0.05, 0.1) is 20.1 Å². The van der Waals surface area contributed by atoms with Crippen LogP contribution in [0.1, 0.15) is 46.2 Å². The van der Waals surface area contributed by atoms with Crippen LogP contribution in [0, 0.1) is 12.8 Å². The van der Waals surface area contributed by atoms with Crippen molar-refractivity contribution in [1.29, 1.82) is 0 Å². The van der Waals surface area contributed by atoms with Gasteiger partial charge in [-0.15, -0.1) is 10.2 Å². The zero-order chi connectivity index (χ0) is 20.5. The van der Waals surface area contributed by atoms with Gasteiger partial charge in [-0.1, -0.05) is 55.0 Å². The van der Waals surface area contributed by atoms with Gasteiger partial charge >= 0.3 is 5.97 Å². The summed E-state index contributed by atoms with van der Waals surface area (Å²) < 4.78 is 4.72. The number of hydrogen-bond acceptors (Lipinski definition) is 7. The van der Waals surface area contributed by atoms with Gasteiger partial charge in [0.2, 0.25) is 5.01 Å². The fraction of sp³-hybridized carbons (Fsp3) is 0.500. The first-order valence-corrected chi connectivity index (χ1v) is 10.1. The summed E-state index contributed by atoms with van der Waals surface area (Å²) >= 11 is 1.28. The summed E-state index contributed by atoms with van der Waals surface area (Å²) in [5.41, 5.74) is 2.22. The molecule has 0 spiro atoms. The van der Waals surface area contributed by atoms with Crippen molar-refractivity contribution >= 4 is 23.2 Å². The van der Waals surface area contributed by atoms with Crippen molar-refractivity contribution in [3.05, 3.63) is 45.4 Å². The first kappa shape index (κ1) is 22.0. The van der Waals surface area contributed by atoms with E-state index >= 15 is 0 Å². The van der Waals surface area contributed by atoms with Crippen molar-refractivity contribution < 1.29 is 14.3 Å². The molecule has 1 aromatic heterocycles. The lowest BCUT2D eigenvalue weighted by atomic mass is 10.1. The molecule has 1 heterocycles. The zero-order valence-electron chi connectivity index (χ0n) is 16.9. The highest BCUT2D eigenvalue weighted by Crippen LogP contribution is 2.14. The molecule has 0 radical (unpaired) electrons. The number of benzene rings is 1. The molecule has 28 heavy (non-hydrogen) atoms. The standard InChI is InChI=1S/C20H28N4O3S/c1-14(2)12-24(10-9-18(25)27-4)13-17-22-23-20(28-17)19(26)21-11-16-7-5-15(3)6-8-16/h5-8,14H,9-13H2,1-4H3,(H,21,26). The van der Waals surface area contributed by atoms with Crippen molar-refractivity contribution in [1.82, 2.24) is 20.4 Å². The highest BCUT2D eigenvalue weighted by Gasteiger charge is 2.16. The average molecular weight is 405 g/mol. The second kappa shape index (κ2) is 10.9. The molecule has 2 aromatic rings. The smallest absolute Gasteiger partial charge is 0.306 e. The number of rotatable bonds is 10. The number of ether oxygens (including phenoxy) is 1. The minimum Gasteiger partial charge on any atom is -0.469 e. The number of amides is 1. The van der Waals surface area contributed by atoms with Gasteiger partial charge in [-0.2, -0.15) is 0 Å².